The summed E-state index contributed by atoms with van der Waals surface area (Å²) in [7, 11) is 1.80. The predicted molar refractivity (Wildman–Crippen MR) is 81.4 cm³/mol. The number of nitrogens with one attached hydrogen (secondary N) is 2. The molecule has 0 saturated heterocycles. The molecule has 0 aliphatic heterocycles. The predicted octanol–water partition coefficient (Wildman–Crippen LogP) is 4.10. The Morgan fingerprint density at radius 1 is 1.22 bits per heavy atom. The summed E-state index contributed by atoms with van der Waals surface area (Å²) in [4.78, 5) is 8.54. The van der Waals surface area contributed by atoms with E-state index in [1.807, 2.05) is 25.1 Å². The molecule has 0 spiro atoms. The first-order valence-corrected chi connectivity index (χ1v) is 6.92. The van der Waals surface area contributed by atoms with E-state index in [4.69, 9.17) is 0 Å². The number of hydrogen-bond acceptors (Lipinski definition) is 4. The van der Waals surface area contributed by atoms with Gasteiger partial charge in [0, 0.05) is 27.8 Å². The molecule has 0 aliphatic rings. The number of hydrogen-bond donors (Lipinski definition) is 2. The van der Waals surface area contributed by atoms with Crippen molar-refractivity contribution in [3.63, 3.8) is 0 Å². The number of rotatable bonds is 3. The van der Waals surface area contributed by atoms with E-state index in [0.717, 1.165) is 26.0 Å². The van der Waals surface area contributed by atoms with Crippen LogP contribution in [0.2, 0.25) is 0 Å². The molecular weight excluding hydrogens is 360 g/mol. The third-order valence-electron chi connectivity index (χ3n) is 2.38. The number of nitrogens with zero attached hydrogens (tertiary/aromatic N) is 2. The molecule has 2 aromatic rings. The van der Waals surface area contributed by atoms with Crippen LogP contribution in [0.3, 0.4) is 0 Å². The highest BCUT2D eigenvalue weighted by molar-refractivity contribution is 9.11. The normalized spacial score (nSPS) is 10.2. The van der Waals surface area contributed by atoms with E-state index in [-0.39, 0.29) is 0 Å². The molecule has 18 heavy (non-hydrogen) atoms. The average molecular weight is 372 g/mol. The summed E-state index contributed by atoms with van der Waals surface area (Å²) in [5.41, 5.74) is 1.94. The summed E-state index contributed by atoms with van der Waals surface area (Å²) in [6.45, 7) is 1.97. The molecular formula is C12H12Br2N4. The lowest BCUT2D eigenvalue weighted by molar-refractivity contribution is 1.12. The average Bonchev–Trinajstić information content (AvgIpc) is 2.36. The summed E-state index contributed by atoms with van der Waals surface area (Å²) in [5.74, 6) is 1.38. The van der Waals surface area contributed by atoms with E-state index in [1.54, 1.807) is 13.2 Å². The van der Waals surface area contributed by atoms with Crippen LogP contribution in [-0.4, -0.2) is 17.0 Å². The number of anilines is 3. The summed E-state index contributed by atoms with van der Waals surface area (Å²) in [6, 6.07) is 5.94. The SMILES string of the molecule is CNc1ncc(C)c(Nc2cc(Br)ccc2Br)n1. The van der Waals surface area contributed by atoms with Crippen LogP contribution in [0.15, 0.2) is 33.3 Å². The monoisotopic (exact) mass is 370 g/mol. The van der Waals surface area contributed by atoms with Gasteiger partial charge in [-0.15, -0.1) is 0 Å². The number of aryl methyl sites for hydroxylation is 1. The van der Waals surface area contributed by atoms with Crippen LogP contribution in [0.4, 0.5) is 17.5 Å². The Hall–Kier alpha value is -1.14. The highest BCUT2D eigenvalue weighted by atomic mass is 79.9. The second kappa shape index (κ2) is 5.67. The van der Waals surface area contributed by atoms with Crippen molar-refractivity contribution in [1.29, 1.82) is 0 Å². The Balaban J connectivity index is 2.36. The van der Waals surface area contributed by atoms with Crippen LogP contribution >= 0.6 is 31.9 Å². The zero-order valence-electron chi connectivity index (χ0n) is 9.96. The maximum Gasteiger partial charge on any atom is 0.224 e. The molecule has 2 rings (SSSR count). The molecule has 0 aliphatic carbocycles. The second-order valence-electron chi connectivity index (χ2n) is 3.72. The van der Waals surface area contributed by atoms with Crippen molar-refractivity contribution in [3.05, 3.63) is 38.9 Å². The van der Waals surface area contributed by atoms with Gasteiger partial charge in [0.15, 0.2) is 0 Å². The van der Waals surface area contributed by atoms with Gasteiger partial charge in [-0.2, -0.15) is 4.98 Å². The Morgan fingerprint density at radius 3 is 2.72 bits per heavy atom. The second-order valence-corrected chi connectivity index (χ2v) is 5.49. The van der Waals surface area contributed by atoms with E-state index in [2.05, 4.69) is 52.5 Å². The summed E-state index contributed by atoms with van der Waals surface area (Å²) >= 11 is 6.96. The fourth-order valence-electron chi connectivity index (χ4n) is 1.41. The molecule has 2 N–H and O–H groups in total. The van der Waals surface area contributed by atoms with E-state index in [1.165, 1.54) is 0 Å². The maximum atomic E-state index is 4.39. The van der Waals surface area contributed by atoms with E-state index in [9.17, 15) is 0 Å². The first kappa shape index (κ1) is 13.3. The third-order valence-corrected chi connectivity index (χ3v) is 3.56. The molecule has 0 amide bonds. The standard InChI is InChI=1S/C12H12Br2N4/c1-7-6-16-12(15-2)18-11(7)17-10-5-8(13)3-4-9(10)14/h3-6H,1-2H3,(H2,15,16,17,18). The molecule has 1 aromatic heterocycles. The highest BCUT2D eigenvalue weighted by Gasteiger charge is 2.06. The first-order chi connectivity index (χ1) is 8.60. The molecule has 6 heteroatoms. The van der Waals surface area contributed by atoms with Gasteiger partial charge < -0.3 is 10.6 Å². The Morgan fingerprint density at radius 2 is 2.00 bits per heavy atom. The molecule has 0 unspecified atom stereocenters. The molecule has 1 aromatic carbocycles. The van der Waals surface area contributed by atoms with Crippen molar-refractivity contribution in [3.8, 4) is 0 Å². The van der Waals surface area contributed by atoms with Crippen LogP contribution in [0, 0.1) is 6.92 Å². The Labute approximate surface area is 122 Å². The molecule has 4 nitrogen and oxygen atoms in total. The van der Waals surface area contributed by atoms with Gasteiger partial charge in [0.05, 0.1) is 5.69 Å². The minimum atomic E-state index is 0.592. The molecule has 0 bridgehead atoms. The van der Waals surface area contributed by atoms with E-state index in [0.29, 0.717) is 5.95 Å². The summed E-state index contributed by atoms with van der Waals surface area (Å²) in [5, 5.41) is 6.21. The molecule has 0 saturated carbocycles. The molecule has 94 valence electrons. The Kier molecular flexibility index (Phi) is 4.19. The highest BCUT2D eigenvalue weighted by Crippen LogP contribution is 2.29. The van der Waals surface area contributed by atoms with Gasteiger partial charge in [0.1, 0.15) is 5.82 Å². The number of aromatic nitrogens is 2. The van der Waals surface area contributed by atoms with Crippen LogP contribution in [-0.2, 0) is 0 Å². The minimum Gasteiger partial charge on any atom is -0.357 e. The summed E-state index contributed by atoms with van der Waals surface area (Å²) < 4.78 is 1.99. The van der Waals surface area contributed by atoms with Crippen molar-refractivity contribution >= 4 is 49.3 Å². The van der Waals surface area contributed by atoms with Crippen molar-refractivity contribution in [2.75, 3.05) is 17.7 Å². The quantitative estimate of drug-likeness (QED) is 0.852. The Bertz CT molecular complexity index is 572. The third kappa shape index (κ3) is 3.00. The van der Waals surface area contributed by atoms with Crippen molar-refractivity contribution in [1.82, 2.24) is 9.97 Å². The van der Waals surface area contributed by atoms with E-state index >= 15 is 0 Å². The number of halogens is 2. The van der Waals surface area contributed by atoms with Gasteiger partial charge >= 0.3 is 0 Å². The van der Waals surface area contributed by atoms with Crippen molar-refractivity contribution in [2.45, 2.75) is 6.92 Å². The van der Waals surface area contributed by atoms with Crippen LogP contribution in [0.1, 0.15) is 5.56 Å². The molecule has 0 atom stereocenters. The maximum absolute atomic E-state index is 4.39. The molecule has 0 fully saturated rings. The smallest absolute Gasteiger partial charge is 0.224 e. The molecule has 1 heterocycles. The van der Waals surface area contributed by atoms with Gasteiger partial charge in [-0.1, -0.05) is 15.9 Å². The van der Waals surface area contributed by atoms with Crippen LogP contribution in [0.25, 0.3) is 0 Å². The van der Waals surface area contributed by atoms with Gasteiger partial charge in [-0.25, -0.2) is 4.98 Å². The van der Waals surface area contributed by atoms with Gasteiger partial charge in [-0.05, 0) is 41.1 Å². The lowest BCUT2D eigenvalue weighted by Crippen LogP contribution is -2.02. The minimum absolute atomic E-state index is 0.592. The molecule has 0 radical (unpaired) electrons. The lowest BCUT2D eigenvalue weighted by atomic mass is 10.3. The van der Waals surface area contributed by atoms with Gasteiger partial charge in [-0.3, -0.25) is 0 Å². The zero-order valence-corrected chi connectivity index (χ0v) is 13.1. The van der Waals surface area contributed by atoms with E-state index < -0.39 is 0 Å². The largest absolute Gasteiger partial charge is 0.357 e. The van der Waals surface area contributed by atoms with Crippen LogP contribution in [0.5, 0.6) is 0 Å². The van der Waals surface area contributed by atoms with Crippen LogP contribution < -0.4 is 10.6 Å². The van der Waals surface area contributed by atoms with Crippen molar-refractivity contribution < 1.29 is 0 Å². The summed E-state index contributed by atoms with van der Waals surface area (Å²) in [6.07, 6.45) is 1.78. The zero-order chi connectivity index (χ0) is 13.1. The van der Waals surface area contributed by atoms with Gasteiger partial charge in [0.25, 0.3) is 0 Å². The topological polar surface area (TPSA) is 49.8 Å². The fourth-order valence-corrected chi connectivity index (χ4v) is 2.12. The lowest BCUT2D eigenvalue weighted by Gasteiger charge is -2.11. The van der Waals surface area contributed by atoms with Gasteiger partial charge in [0.2, 0.25) is 5.95 Å². The van der Waals surface area contributed by atoms with Crippen molar-refractivity contribution in [2.24, 2.45) is 0 Å². The fraction of sp³-hybridized carbons (Fsp3) is 0.167. The first-order valence-electron chi connectivity index (χ1n) is 5.33. The number of benzene rings is 1.